The van der Waals surface area contributed by atoms with E-state index in [0.717, 1.165) is 6.42 Å². The molecule has 1 saturated carbocycles. The second-order valence-electron chi connectivity index (χ2n) is 5.23. The highest BCUT2D eigenvalue weighted by atomic mass is 19.1. The lowest BCUT2D eigenvalue weighted by molar-refractivity contribution is -0.124. The summed E-state index contributed by atoms with van der Waals surface area (Å²) in [4.78, 5) is 16.7. The van der Waals surface area contributed by atoms with E-state index in [1.165, 1.54) is 6.07 Å². The number of carbonyl (C=O) groups is 1. The molecule has 1 aliphatic rings. The molecule has 20 heavy (non-hydrogen) atoms. The van der Waals surface area contributed by atoms with Gasteiger partial charge in [0, 0.05) is 25.0 Å². The van der Waals surface area contributed by atoms with Crippen LogP contribution >= 0.6 is 0 Å². The van der Waals surface area contributed by atoms with Crippen LogP contribution in [0, 0.1) is 5.82 Å². The summed E-state index contributed by atoms with van der Waals surface area (Å²) in [6.07, 6.45) is 5.65. The van der Waals surface area contributed by atoms with E-state index in [0.29, 0.717) is 24.4 Å². The highest BCUT2D eigenvalue weighted by molar-refractivity contribution is 5.98. The number of hydrogen-bond donors (Lipinski definition) is 1. The molecule has 4 nitrogen and oxygen atoms in total. The smallest absolute Gasteiger partial charge is 0.237 e. The zero-order valence-electron chi connectivity index (χ0n) is 11.3. The van der Waals surface area contributed by atoms with Crippen molar-refractivity contribution in [3.05, 3.63) is 48.0 Å². The Balaban J connectivity index is 1.92. The number of benzene rings is 1. The summed E-state index contributed by atoms with van der Waals surface area (Å²) in [5.41, 5.74) is -0.268. The Bertz CT molecular complexity index is 646. The van der Waals surface area contributed by atoms with Crippen molar-refractivity contribution in [3.8, 4) is 0 Å². The summed E-state index contributed by atoms with van der Waals surface area (Å²) in [6, 6.07) is 6.52. The maximum absolute atomic E-state index is 14.0. The van der Waals surface area contributed by atoms with Gasteiger partial charge in [-0.3, -0.25) is 10.1 Å². The van der Waals surface area contributed by atoms with Gasteiger partial charge in [-0.15, -0.1) is 0 Å². The van der Waals surface area contributed by atoms with E-state index in [1.54, 1.807) is 42.2 Å². The molecule has 1 heterocycles. The van der Waals surface area contributed by atoms with E-state index >= 15 is 0 Å². The molecular weight excluding hydrogens is 257 g/mol. The molecule has 1 aromatic carbocycles. The van der Waals surface area contributed by atoms with Crippen LogP contribution < -0.4 is 5.32 Å². The fourth-order valence-electron chi connectivity index (χ4n) is 2.71. The maximum Gasteiger partial charge on any atom is 0.237 e. The van der Waals surface area contributed by atoms with Crippen molar-refractivity contribution in [1.82, 2.24) is 9.55 Å². The maximum atomic E-state index is 14.0. The molecule has 1 amide bonds. The summed E-state index contributed by atoms with van der Waals surface area (Å²) in [6.45, 7) is 0. The lowest BCUT2D eigenvalue weighted by Crippen LogP contribution is -2.46. The number of amides is 1. The van der Waals surface area contributed by atoms with Gasteiger partial charge in [-0.25, -0.2) is 9.37 Å². The standard InChI is InChI=1S/C15H16FN3O/c1-19-10-9-17-14(19)18-13(20)15(7-4-8-15)11-5-2-3-6-12(11)16/h2-3,5-6,9-10H,4,7-8H2,1H3,(H,17,18,20). The first-order chi connectivity index (χ1) is 9.63. The molecule has 0 aliphatic heterocycles. The zero-order chi connectivity index (χ0) is 14.2. The van der Waals surface area contributed by atoms with Gasteiger partial charge in [-0.1, -0.05) is 24.6 Å². The minimum atomic E-state index is -0.753. The number of aromatic nitrogens is 2. The highest BCUT2D eigenvalue weighted by Gasteiger charge is 2.47. The number of nitrogens with one attached hydrogen (secondary N) is 1. The van der Waals surface area contributed by atoms with Crippen LogP contribution in [0.4, 0.5) is 10.3 Å². The Morgan fingerprint density at radius 1 is 1.40 bits per heavy atom. The summed E-state index contributed by atoms with van der Waals surface area (Å²) >= 11 is 0. The van der Waals surface area contributed by atoms with E-state index in [9.17, 15) is 9.18 Å². The van der Waals surface area contributed by atoms with Gasteiger partial charge in [0.2, 0.25) is 11.9 Å². The Morgan fingerprint density at radius 2 is 2.15 bits per heavy atom. The predicted octanol–water partition coefficient (Wildman–Crippen LogP) is 2.62. The molecule has 2 aromatic rings. The van der Waals surface area contributed by atoms with Crippen LogP contribution in [-0.4, -0.2) is 15.5 Å². The topological polar surface area (TPSA) is 46.9 Å². The number of anilines is 1. The fraction of sp³-hybridized carbons (Fsp3) is 0.333. The Labute approximate surface area is 116 Å². The van der Waals surface area contributed by atoms with Crippen LogP contribution in [0.1, 0.15) is 24.8 Å². The molecule has 1 N–H and O–H groups in total. The van der Waals surface area contributed by atoms with Gasteiger partial charge in [0.1, 0.15) is 5.82 Å². The predicted molar refractivity (Wildman–Crippen MR) is 73.8 cm³/mol. The summed E-state index contributed by atoms with van der Waals surface area (Å²) < 4.78 is 15.8. The van der Waals surface area contributed by atoms with E-state index in [2.05, 4.69) is 10.3 Å². The first-order valence-corrected chi connectivity index (χ1v) is 6.67. The van der Waals surface area contributed by atoms with Gasteiger partial charge in [-0.2, -0.15) is 0 Å². The molecule has 1 aromatic heterocycles. The molecule has 5 heteroatoms. The molecule has 0 atom stereocenters. The third kappa shape index (κ3) is 1.90. The summed E-state index contributed by atoms with van der Waals surface area (Å²) in [5, 5.41) is 2.80. The number of halogens is 1. The van der Waals surface area contributed by atoms with Crippen LogP contribution in [0.3, 0.4) is 0 Å². The van der Waals surface area contributed by atoms with E-state index < -0.39 is 5.41 Å². The Hall–Kier alpha value is -2.17. The number of nitrogens with zero attached hydrogens (tertiary/aromatic N) is 2. The fourth-order valence-corrected chi connectivity index (χ4v) is 2.71. The van der Waals surface area contributed by atoms with Gasteiger partial charge in [-0.05, 0) is 18.9 Å². The zero-order valence-corrected chi connectivity index (χ0v) is 11.3. The molecule has 104 valence electrons. The third-order valence-electron chi connectivity index (χ3n) is 4.08. The molecule has 0 unspecified atom stereocenters. The lowest BCUT2D eigenvalue weighted by atomic mass is 9.63. The number of carbonyl (C=O) groups excluding carboxylic acids is 1. The van der Waals surface area contributed by atoms with Crippen molar-refractivity contribution in [2.45, 2.75) is 24.7 Å². The first kappa shape index (κ1) is 12.8. The largest absolute Gasteiger partial charge is 0.320 e. The van der Waals surface area contributed by atoms with Crippen molar-refractivity contribution in [3.63, 3.8) is 0 Å². The molecular formula is C15H16FN3O. The van der Waals surface area contributed by atoms with Crippen LogP contribution in [0.2, 0.25) is 0 Å². The summed E-state index contributed by atoms with van der Waals surface area (Å²) in [7, 11) is 1.80. The molecule has 0 saturated heterocycles. The number of aryl methyl sites for hydroxylation is 1. The first-order valence-electron chi connectivity index (χ1n) is 6.67. The molecule has 0 spiro atoms. The Kier molecular flexibility index (Phi) is 3.04. The van der Waals surface area contributed by atoms with Crippen LogP contribution in [-0.2, 0) is 17.3 Å². The van der Waals surface area contributed by atoms with Gasteiger partial charge in [0.15, 0.2) is 0 Å². The SMILES string of the molecule is Cn1ccnc1NC(=O)C1(c2ccccc2F)CCC1. The van der Waals surface area contributed by atoms with E-state index in [1.807, 2.05) is 0 Å². The van der Waals surface area contributed by atoms with Crippen molar-refractivity contribution < 1.29 is 9.18 Å². The minimum Gasteiger partial charge on any atom is -0.320 e. The molecule has 1 aliphatic carbocycles. The third-order valence-corrected chi connectivity index (χ3v) is 4.08. The normalized spacial score (nSPS) is 16.5. The van der Waals surface area contributed by atoms with Crippen molar-refractivity contribution in [2.24, 2.45) is 7.05 Å². The van der Waals surface area contributed by atoms with Crippen LogP contribution in [0.5, 0.6) is 0 Å². The quantitative estimate of drug-likeness (QED) is 0.934. The number of imidazole rings is 1. The highest BCUT2D eigenvalue weighted by Crippen LogP contribution is 2.45. The summed E-state index contributed by atoms with van der Waals surface area (Å²) in [5.74, 6) is -0.0112. The second-order valence-corrected chi connectivity index (χ2v) is 5.23. The second kappa shape index (κ2) is 4.74. The molecule has 3 rings (SSSR count). The average Bonchev–Trinajstić information content (AvgIpc) is 2.76. The average molecular weight is 273 g/mol. The van der Waals surface area contributed by atoms with Crippen LogP contribution in [0.25, 0.3) is 0 Å². The minimum absolute atomic E-state index is 0.178. The van der Waals surface area contributed by atoms with Gasteiger partial charge in [0.25, 0.3) is 0 Å². The van der Waals surface area contributed by atoms with Crippen LogP contribution in [0.15, 0.2) is 36.7 Å². The molecule has 1 fully saturated rings. The van der Waals surface area contributed by atoms with Crippen molar-refractivity contribution >= 4 is 11.9 Å². The molecule has 0 radical (unpaired) electrons. The monoisotopic (exact) mass is 273 g/mol. The van der Waals surface area contributed by atoms with Gasteiger partial charge < -0.3 is 4.57 Å². The van der Waals surface area contributed by atoms with Gasteiger partial charge in [0.05, 0.1) is 5.41 Å². The number of rotatable bonds is 3. The van der Waals surface area contributed by atoms with E-state index in [-0.39, 0.29) is 11.7 Å². The van der Waals surface area contributed by atoms with E-state index in [4.69, 9.17) is 0 Å². The van der Waals surface area contributed by atoms with Gasteiger partial charge >= 0.3 is 0 Å². The molecule has 0 bridgehead atoms. The number of hydrogen-bond acceptors (Lipinski definition) is 2. The van der Waals surface area contributed by atoms with Crippen molar-refractivity contribution in [1.29, 1.82) is 0 Å². The Morgan fingerprint density at radius 3 is 2.70 bits per heavy atom. The van der Waals surface area contributed by atoms with Crippen molar-refractivity contribution in [2.75, 3.05) is 5.32 Å². The lowest BCUT2D eigenvalue weighted by Gasteiger charge is -2.40.